The smallest absolute Gasteiger partial charge is 0.419 e. The van der Waals surface area contributed by atoms with Gasteiger partial charge in [0.05, 0.1) is 18.3 Å². The van der Waals surface area contributed by atoms with Gasteiger partial charge in [0.1, 0.15) is 5.75 Å². The van der Waals surface area contributed by atoms with Crippen LogP contribution in [0.15, 0.2) is 51.7 Å². The summed E-state index contributed by atoms with van der Waals surface area (Å²) in [4.78, 5) is 23.6. The quantitative estimate of drug-likeness (QED) is 0.782. The van der Waals surface area contributed by atoms with Gasteiger partial charge in [-0.25, -0.2) is 4.79 Å². The molecular formula is C18H18N2O4. The van der Waals surface area contributed by atoms with Crippen molar-refractivity contribution in [3.05, 3.63) is 58.6 Å². The molecule has 6 heteroatoms. The van der Waals surface area contributed by atoms with E-state index in [1.54, 1.807) is 32.4 Å². The van der Waals surface area contributed by atoms with E-state index in [1.807, 2.05) is 24.3 Å². The maximum atomic E-state index is 12.1. The second-order valence-electron chi connectivity index (χ2n) is 5.48. The van der Waals surface area contributed by atoms with Crippen molar-refractivity contribution in [2.24, 2.45) is 7.05 Å². The molecule has 0 aliphatic rings. The van der Waals surface area contributed by atoms with E-state index in [0.717, 1.165) is 11.1 Å². The summed E-state index contributed by atoms with van der Waals surface area (Å²) in [6, 6.07) is 12.8. The van der Waals surface area contributed by atoms with E-state index in [1.165, 1.54) is 4.57 Å². The Bertz CT molecular complexity index is 940. The summed E-state index contributed by atoms with van der Waals surface area (Å²) in [5, 5.41) is 2.85. The monoisotopic (exact) mass is 326 g/mol. The highest BCUT2D eigenvalue weighted by Gasteiger charge is 2.09. The van der Waals surface area contributed by atoms with Crippen molar-refractivity contribution in [3.8, 4) is 5.75 Å². The summed E-state index contributed by atoms with van der Waals surface area (Å²) in [6.45, 7) is 0. The summed E-state index contributed by atoms with van der Waals surface area (Å²) in [5.41, 5.74) is 2.89. The summed E-state index contributed by atoms with van der Waals surface area (Å²) in [7, 11) is 3.22. The number of fused-ring (bicyclic) bond motifs is 1. The molecule has 0 bridgehead atoms. The zero-order valence-corrected chi connectivity index (χ0v) is 13.5. The fraction of sp³-hybridized carbons (Fsp3) is 0.222. The first-order chi connectivity index (χ1) is 11.6. The number of anilines is 1. The van der Waals surface area contributed by atoms with Gasteiger partial charge in [-0.05, 0) is 36.2 Å². The van der Waals surface area contributed by atoms with E-state index < -0.39 is 5.76 Å². The number of rotatable bonds is 5. The molecule has 2 aromatic carbocycles. The number of nitrogens with zero attached hydrogens (tertiary/aromatic N) is 1. The molecule has 0 fully saturated rings. The molecule has 3 rings (SSSR count). The average Bonchev–Trinajstić information content (AvgIpc) is 2.88. The Morgan fingerprint density at radius 3 is 2.83 bits per heavy atom. The number of hydrogen-bond donors (Lipinski definition) is 1. The summed E-state index contributed by atoms with van der Waals surface area (Å²) in [6.07, 6.45) is 0.894. The van der Waals surface area contributed by atoms with Crippen LogP contribution >= 0.6 is 0 Å². The van der Waals surface area contributed by atoms with Gasteiger partial charge >= 0.3 is 5.76 Å². The molecule has 6 nitrogen and oxygen atoms in total. The van der Waals surface area contributed by atoms with Gasteiger partial charge in [-0.1, -0.05) is 18.2 Å². The lowest BCUT2D eigenvalue weighted by Gasteiger charge is -2.09. The predicted octanol–water partition coefficient (Wildman–Crippen LogP) is 2.71. The van der Waals surface area contributed by atoms with Crippen LogP contribution in [0.3, 0.4) is 0 Å². The van der Waals surface area contributed by atoms with Crippen molar-refractivity contribution < 1.29 is 13.9 Å². The molecule has 3 aromatic rings. The Kier molecular flexibility index (Phi) is 4.37. The minimum absolute atomic E-state index is 0.0966. The number of oxazole rings is 1. The van der Waals surface area contributed by atoms with Crippen molar-refractivity contribution in [2.45, 2.75) is 12.8 Å². The largest absolute Gasteiger partial charge is 0.495 e. The number of aromatic nitrogens is 1. The van der Waals surface area contributed by atoms with Gasteiger partial charge in [0.2, 0.25) is 5.91 Å². The molecule has 0 aliphatic carbocycles. The number of para-hydroxylation sites is 2. The second kappa shape index (κ2) is 6.62. The van der Waals surface area contributed by atoms with Crippen LogP contribution < -0.4 is 15.8 Å². The SMILES string of the molecule is COc1ccccc1NC(=O)CCc1ccc2oc(=O)n(C)c2c1. The predicted molar refractivity (Wildman–Crippen MR) is 91.4 cm³/mol. The molecule has 0 aliphatic heterocycles. The number of ether oxygens (including phenoxy) is 1. The van der Waals surface area contributed by atoms with Crippen LogP contribution in [0.1, 0.15) is 12.0 Å². The van der Waals surface area contributed by atoms with Crippen LogP contribution in [0.25, 0.3) is 11.1 Å². The molecule has 0 saturated carbocycles. The number of amides is 1. The van der Waals surface area contributed by atoms with E-state index in [9.17, 15) is 9.59 Å². The molecule has 0 saturated heterocycles. The molecular weight excluding hydrogens is 308 g/mol. The van der Waals surface area contributed by atoms with Gasteiger partial charge in [0, 0.05) is 13.5 Å². The molecule has 0 atom stereocenters. The highest BCUT2D eigenvalue weighted by atomic mass is 16.5. The van der Waals surface area contributed by atoms with E-state index in [2.05, 4.69) is 5.32 Å². The molecule has 1 heterocycles. The topological polar surface area (TPSA) is 73.5 Å². The zero-order chi connectivity index (χ0) is 17.1. The van der Waals surface area contributed by atoms with Gasteiger partial charge in [-0.3, -0.25) is 9.36 Å². The van der Waals surface area contributed by atoms with Crippen LogP contribution in [0.5, 0.6) is 5.75 Å². The van der Waals surface area contributed by atoms with Crippen LogP contribution in [0.2, 0.25) is 0 Å². The Hall–Kier alpha value is -3.02. The van der Waals surface area contributed by atoms with Crippen LogP contribution in [-0.4, -0.2) is 17.6 Å². The number of methoxy groups -OCH3 is 1. The fourth-order valence-corrected chi connectivity index (χ4v) is 2.55. The lowest BCUT2D eigenvalue weighted by molar-refractivity contribution is -0.116. The lowest BCUT2D eigenvalue weighted by Crippen LogP contribution is -2.13. The Morgan fingerprint density at radius 1 is 1.25 bits per heavy atom. The van der Waals surface area contributed by atoms with Gasteiger partial charge in [0.25, 0.3) is 0 Å². The number of carbonyl (C=O) groups excluding carboxylic acids is 1. The van der Waals surface area contributed by atoms with Crippen LogP contribution in [-0.2, 0) is 18.3 Å². The van der Waals surface area contributed by atoms with Crippen molar-refractivity contribution in [2.75, 3.05) is 12.4 Å². The van der Waals surface area contributed by atoms with Crippen molar-refractivity contribution in [3.63, 3.8) is 0 Å². The summed E-state index contributed by atoms with van der Waals surface area (Å²) >= 11 is 0. The van der Waals surface area contributed by atoms with Gasteiger partial charge in [-0.2, -0.15) is 0 Å². The average molecular weight is 326 g/mol. The standard InChI is InChI=1S/C18H18N2O4/c1-20-14-11-12(7-9-16(14)24-18(20)22)8-10-17(21)19-13-5-3-4-6-15(13)23-2/h3-7,9,11H,8,10H2,1-2H3,(H,19,21). The number of benzene rings is 2. The van der Waals surface area contributed by atoms with E-state index in [-0.39, 0.29) is 5.91 Å². The molecule has 0 radical (unpaired) electrons. The van der Waals surface area contributed by atoms with E-state index >= 15 is 0 Å². The maximum absolute atomic E-state index is 12.1. The Labute approximate surface area is 138 Å². The normalized spacial score (nSPS) is 10.8. The molecule has 1 amide bonds. The lowest BCUT2D eigenvalue weighted by atomic mass is 10.1. The van der Waals surface area contributed by atoms with Gasteiger partial charge < -0.3 is 14.5 Å². The third-order valence-electron chi connectivity index (χ3n) is 3.88. The molecule has 24 heavy (non-hydrogen) atoms. The van der Waals surface area contributed by atoms with Gasteiger partial charge in [0.15, 0.2) is 5.58 Å². The van der Waals surface area contributed by atoms with Crippen molar-refractivity contribution in [1.29, 1.82) is 0 Å². The third kappa shape index (κ3) is 3.17. The maximum Gasteiger partial charge on any atom is 0.419 e. The second-order valence-corrected chi connectivity index (χ2v) is 5.48. The molecule has 0 unspecified atom stereocenters. The fourth-order valence-electron chi connectivity index (χ4n) is 2.55. The number of hydrogen-bond acceptors (Lipinski definition) is 4. The van der Waals surface area contributed by atoms with E-state index in [4.69, 9.17) is 9.15 Å². The van der Waals surface area contributed by atoms with Crippen molar-refractivity contribution >= 4 is 22.7 Å². The van der Waals surface area contributed by atoms with Crippen LogP contribution in [0, 0.1) is 0 Å². The Balaban J connectivity index is 1.68. The minimum atomic E-state index is -0.393. The zero-order valence-electron chi connectivity index (χ0n) is 13.5. The Morgan fingerprint density at radius 2 is 2.04 bits per heavy atom. The van der Waals surface area contributed by atoms with E-state index in [0.29, 0.717) is 29.9 Å². The van der Waals surface area contributed by atoms with Crippen LogP contribution in [0.4, 0.5) is 5.69 Å². The number of carbonyl (C=O) groups is 1. The molecule has 1 aromatic heterocycles. The first kappa shape index (κ1) is 15.9. The molecule has 124 valence electrons. The summed E-state index contributed by atoms with van der Waals surface area (Å²) in [5.74, 6) is 0.136. The highest BCUT2D eigenvalue weighted by molar-refractivity contribution is 5.92. The number of aryl methyl sites for hydroxylation is 2. The minimum Gasteiger partial charge on any atom is -0.495 e. The third-order valence-corrected chi connectivity index (χ3v) is 3.88. The first-order valence-corrected chi connectivity index (χ1v) is 7.60. The molecule has 1 N–H and O–H groups in total. The van der Waals surface area contributed by atoms with Gasteiger partial charge in [-0.15, -0.1) is 0 Å². The molecule has 0 spiro atoms. The highest BCUT2D eigenvalue weighted by Crippen LogP contribution is 2.23. The van der Waals surface area contributed by atoms with Crippen molar-refractivity contribution in [1.82, 2.24) is 4.57 Å². The summed E-state index contributed by atoms with van der Waals surface area (Å²) < 4.78 is 11.8. The number of nitrogens with one attached hydrogen (secondary N) is 1. The first-order valence-electron chi connectivity index (χ1n) is 7.60.